The van der Waals surface area contributed by atoms with Crippen molar-refractivity contribution in [2.24, 2.45) is 5.10 Å². The predicted octanol–water partition coefficient (Wildman–Crippen LogP) is 3.15. The van der Waals surface area contributed by atoms with E-state index in [1.165, 1.54) is 19.2 Å². The van der Waals surface area contributed by atoms with E-state index in [1.54, 1.807) is 0 Å². The summed E-state index contributed by atoms with van der Waals surface area (Å²) in [6.07, 6.45) is -0.362. The number of benzene rings is 1. The number of rotatable bonds is 5. The first-order valence-corrected chi connectivity index (χ1v) is 6.64. The van der Waals surface area contributed by atoms with Crippen molar-refractivity contribution in [2.75, 3.05) is 19.6 Å². The fourth-order valence-corrected chi connectivity index (χ4v) is 2.16. The van der Waals surface area contributed by atoms with Gasteiger partial charge in [0.15, 0.2) is 5.71 Å². The second-order valence-corrected chi connectivity index (χ2v) is 4.91. The minimum atomic E-state index is -0.783. The highest BCUT2D eigenvalue weighted by atomic mass is 35.5. The highest BCUT2D eigenvalue weighted by molar-refractivity contribution is 6.42. The van der Waals surface area contributed by atoms with Crippen molar-refractivity contribution in [3.05, 3.63) is 27.2 Å². The lowest BCUT2D eigenvalue weighted by Gasteiger charge is -2.08. The summed E-state index contributed by atoms with van der Waals surface area (Å²) in [4.78, 5) is 22.7. The third kappa shape index (κ3) is 5.08. The molecule has 0 fully saturated rings. The lowest BCUT2D eigenvalue weighted by atomic mass is 10.3. The van der Waals surface area contributed by atoms with Crippen molar-refractivity contribution in [2.45, 2.75) is 6.42 Å². The van der Waals surface area contributed by atoms with Gasteiger partial charge in [-0.25, -0.2) is 4.79 Å². The Kier molecular flexibility index (Phi) is 6.74. The van der Waals surface area contributed by atoms with Crippen LogP contribution in [-0.4, -0.2) is 31.9 Å². The van der Waals surface area contributed by atoms with Crippen LogP contribution in [0.1, 0.15) is 6.42 Å². The minimum absolute atomic E-state index is 0.188. The second kappa shape index (κ2) is 8.07. The van der Waals surface area contributed by atoms with Crippen molar-refractivity contribution in [1.29, 1.82) is 0 Å². The lowest BCUT2D eigenvalue weighted by molar-refractivity contribution is -0.140. The molecule has 6 nitrogen and oxygen atoms in total. The number of anilines is 1. The maximum Gasteiger partial charge on any atom is 0.354 e. The minimum Gasteiger partial charge on any atom is -0.469 e. The predicted molar refractivity (Wildman–Crippen MR) is 81.2 cm³/mol. The molecule has 0 aromatic heterocycles. The molecule has 0 radical (unpaired) electrons. The second-order valence-electron chi connectivity index (χ2n) is 3.66. The van der Waals surface area contributed by atoms with Crippen molar-refractivity contribution in [3.8, 4) is 0 Å². The van der Waals surface area contributed by atoms with E-state index in [1.807, 2.05) is 0 Å². The fourth-order valence-electron chi connectivity index (χ4n) is 1.26. The Balaban J connectivity index is 3.02. The van der Waals surface area contributed by atoms with Gasteiger partial charge < -0.3 is 9.47 Å². The summed E-state index contributed by atoms with van der Waals surface area (Å²) in [7, 11) is 2.36. The maximum absolute atomic E-state index is 11.5. The lowest BCUT2D eigenvalue weighted by Crippen LogP contribution is -2.21. The zero-order valence-corrected chi connectivity index (χ0v) is 13.3. The summed E-state index contributed by atoms with van der Waals surface area (Å²) in [5, 5.41) is 4.55. The van der Waals surface area contributed by atoms with E-state index in [-0.39, 0.29) is 27.9 Å². The van der Waals surface area contributed by atoms with E-state index in [2.05, 4.69) is 20.0 Å². The van der Waals surface area contributed by atoms with Gasteiger partial charge in [0.05, 0.1) is 36.4 Å². The summed E-state index contributed by atoms with van der Waals surface area (Å²) < 4.78 is 8.99. The van der Waals surface area contributed by atoms with Gasteiger partial charge in [0.1, 0.15) is 0 Å². The first kappa shape index (κ1) is 17.6. The monoisotopic (exact) mass is 352 g/mol. The molecule has 0 unspecified atom stereocenters. The standard InChI is InChI=1S/C12H11Cl3N2O4/c1-20-10(18)5-9(12(19)21-2)16-17-11-7(14)3-6(13)4-8(11)15/h3-4,17H,5H2,1-2H3/b16-9-. The molecule has 0 aliphatic rings. The third-order valence-electron chi connectivity index (χ3n) is 2.27. The van der Waals surface area contributed by atoms with Gasteiger partial charge in [0.2, 0.25) is 0 Å². The van der Waals surface area contributed by atoms with Crippen molar-refractivity contribution < 1.29 is 19.1 Å². The van der Waals surface area contributed by atoms with Gasteiger partial charge in [0.25, 0.3) is 0 Å². The number of carbonyl (C=O) groups excluding carboxylic acids is 2. The number of nitrogens with one attached hydrogen (secondary N) is 1. The van der Waals surface area contributed by atoms with Gasteiger partial charge in [-0.3, -0.25) is 10.2 Å². The molecular formula is C12H11Cl3N2O4. The van der Waals surface area contributed by atoms with Crippen LogP contribution < -0.4 is 5.43 Å². The molecule has 0 aliphatic heterocycles. The van der Waals surface area contributed by atoms with Gasteiger partial charge in [-0.1, -0.05) is 34.8 Å². The molecule has 21 heavy (non-hydrogen) atoms. The highest BCUT2D eigenvalue weighted by Crippen LogP contribution is 2.33. The quantitative estimate of drug-likeness (QED) is 0.500. The Morgan fingerprint density at radius 3 is 2.19 bits per heavy atom. The molecule has 1 N–H and O–H groups in total. The van der Waals surface area contributed by atoms with Gasteiger partial charge in [-0.05, 0) is 12.1 Å². The number of halogens is 3. The van der Waals surface area contributed by atoms with Crippen LogP contribution in [0.4, 0.5) is 5.69 Å². The highest BCUT2D eigenvalue weighted by Gasteiger charge is 2.18. The molecule has 0 saturated carbocycles. The van der Waals surface area contributed by atoms with Crippen LogP contribution in [0.3, 0.4) is 0 Å². The number of esters is 2. The van der Waals surface area contributed by atoms with E-state index in [9.17, 15) is 9.59 Å². The molecule has 0 bridgehead atoms. The van der Waals surface area contributed by atoms with E-state index >= 15 is 0 Å². The van der Waals surface area contributed by atoms with Crippen molar-refractivity contribution >= 4 is 58.1 Å². The van der Waals surface area contributed by atoms with Crippen molar-refractivity contribution in [3.63, 3.8) is 0 Å². The first-order chi connectivity index (χ1) is 9.88. The maximum atomic E-state index is 11.5. The summed E-state index contributed by atoms with van der Waals surface area (Å²) in [6, 6.07) is 2.90. The van der Waals surface area contributed by atoms with Gasteiger partial charge in [-0.15, -0.1) is 0 Å². The Morgan fingerprint density at radius 2 is 1.71 bits per heavy atom. The molecule has 1 rings (SSSR count). The van der Waals surface area contributed by atoms with Crippen LogP contribution in [0.25, 0.3) is 0 Å². The van der Waals surface area contributed by atoms with E-state index in [0.717, 1.165) is 7.11 Å². The number of carbonyl (C=O) groups is 2. The average molecular weight is 354 g/mol. The van der Waals surface area contributed by atoms with Crippen LogP contribution in [-0.2, 0) is 19.1 Å². The van der Waals surface area contributed by atoms with Crippen LogP contribution in [0, 0.1) is 0 Å². The molecule has 0 atom stereocenters. The first-order valence-electron chi connectivity index (χ1n) is 5.51. The molecular weight excluding hydrogens is 343 g/mol. The number of hydrogen-bond acceptors (Lipinski definition) is 6. The SMILES string of the molecule is COC(=O)C/C(=N/Nc1c(Cl)cc(Cl)cc1Cl)C(=O)OC. The molecule has 9 heteroatoms. The number of methoxy groups -OCH3 is 2. The van der Waals surface area contributed by atoms with Gasteiger partial charge in [-0.2, -0.15) is 5.10 Å². The van der Waals surface area contributed by atoms with Crippen molar-refractivity contribution in [1.82, 2.24) is 0 Å². The molecule has 0 saturated heterocycles. The summed E-state index contributed by atoms with van der Waals surface area (Å²) in [5.74, 6) is -1.43. The molecule has 114 valence electrons. The number of hydrogen-bond donors (Lipinski definition) is 1. The molecule has 1 aromatic carbocycles. The Hall–Kier alpha value is -1.50. The average Bonchev–Trinajstić information content (AvgIpc) is 2.43. The molecule has 0 amide bonds. The largest absolute Gasteiger partial charge is 0.469 e. The van der Waals surface area contributed by atoms with E-state index < -0.39 is 11.9 Å². The van der Waals surface area contributed by atoms with Crippen LogP contribution in [0.2, 0.25) is 15.1 Å². The summed E-state index contributed by atoms with van der Waals surface area (Å²) in [6.45, 7) is 0. The topological polar surface area (TPSA) is 77.0 Å². The fraction of sp³-hybridized carbons (Fsp3) is 0.250. The molecule has 0 spiro atoms. The smallest absolute Gasteiger partial charge is 0.354 e. The Bertz CT molecular complexity index is 567. The third-order valence-corrected chi connectivity index (χ3v) is 3.08. The van der Waals surface area contributed by atoms with Gasteiger partial charge >= 0.3 is 11.9 Å². The number of ether oxygens (including phenoxy) is 2. The van der Waals surface area contributed by atoms with E-state index in [4.69, 9.17) is 34.8 Å². The Morgan fingerprint density at radius 1 is 1.14 bits per heavy atom. The summed E-state index contributed by atoms with van der Waals surface area (Å²) in [5.41, 5.74) is 2.57. The van der Waals surface area contributed by atoms with E-state index in [0.29, 0.717) is 5.02 Å². The van der Waals surface area contributed by atoms with Gasteiger partial charge in [0, 0.05) is 5.02 Å². The zero-order chi connectivity index (χ0) is 16.0. The van der Waals surface area contributed by atoms with Crippen LogP contribution >= 0.6 is 34.8 Å². The van der Waals surface area contributed by atoms with Crippen LogP contribution in [0.5, 0.6) is 0 Å². The number of hydrazone groups is 1. The zero-order valence-electron chi connectivity index (χ0n) is 11.1. The Labute approximate surface area is 135 Å². The molecule has 0 aliphatic carbocycles. The van der Waals surface area contributed by atoms with Crippen LogP contribution in [0.15, 0.2) is 17.2 Å². The number of nitrogens with zero attached hydrogens (tertiary/aromatic N) is 1. The summed E-state index contributed by atoms with van der Waals surface area (Å²) >= 11 is 17.7. The molecule has 1 aromatic rings. The normalized spacial score (nSPS) is 11.0. The molecule has 0 heterocycles.